The van der Waals surface area contributed by atoms with Gasteiger partial charge in [0.2, 0.25) is 21.8 Å². The summed E-state index contributed by atoms with van der Waals surface area (Å²) in [5.74, 6) is -2.75. The lowest BCUT2D eigenvalue weighted by atomic mass is 10.1. The molecule has 4 amide bonds. The summed E-state index contributed by atoms with van der Waals surface area (Å²) in [6.45, 7) is 1.70. The molecule has 2 aliphatic carbocycles. The Balaban J connectivity index is 1.21. The van der Waals surface area contributed by atoms with Crippen molar-refractivity contribution in [1.82, 2.24) is 19.8 Å². The van der Waals surface area contributed by atoms with E-state index in [0.29, 0.717) is 36.8 Å². The molecule has 6 rings (SSSR count). The van der Waals surface area contributed by atoms with Crippen LogP contribution in [0.2, 0.25) is 0 Å². The second-order valence-corrected chi connectivity index (χ2v) is 15.5. The minimum absolute atomic E-state index is 0.0412. The zero-order chi connectivity index (χ0) is 32.1. The molecular formula is C31H40FN5O7S. The Morgan fingerprint density at radius 3 is 2.67 bits per heavy atom. The van der Waals surface area contributed by atoms with Gasteiger partial charge >= 0.3 is 6.09 Å². The molecule has 244 valence electrons. The number of hydrogen-bond acceptors (Lipinski definition) is 8. The summed E-state index contributed by atoms with van der Waals surface area (Å²) in [5.41, 5.74) is 5.88. The molecule has 1 unspecified atom stereocenters. The van der Waals surface area contributed by atoms with Gasteiger partial charge in [0.15, 0.2) is 0 Å². The number of rotatable bonds is 4. The van der Waals surface area contributed by atoms with Gasteiger partial charge in [-0.05, 0) is 57.1 Å². The second kappa shape index (κ2) is 11.7. The van der Waals surface area contributed by atoms with E-state index < -0.39 is 74.0 Å². The minimum Gasteiger partial charge on any atom is -0.444 e. The average molecular weight is 646 g/mol. The molecule has 3 heterocycles. The highest BCUT2D eigenvalue weighted by Crippen LogP contribution is 2.47. The van der Waals surface area contributed by atoms with Crippen LogP contribution < -0.4 is 15.8 Å². The lowest BCUT2D eigenvalue weighted by Crippen LogP contribution is -2.58. The molecule has 0 aromatic heterocycles. The molecule has 2 saturated carbocycles. The monoisotopic (exact) mass is 645 g/mol. The Morgan fingerprint density at radius 1 is 1.16 bits per heavy atom. The number of allylic oxidation sites excluding steroid dienone is 1. The molecule has 1 aromatic rings. The van der Waals surface area contributed by atoms with Crippen molar-refractivity contribution in [2.75, 3.05) is 6.54 Å². The summed E-state index contributed by atoms with van der Waals surface area (Å²) in [5, 5.41) is 2.79. The average Bonchev–Trinajstić information content (AvgIpc) is 3.78. The lowest BCUT2D eigenvalue weighted by molar-refractivity contribution is -0.140. The molecule has 5 aliphatic rings. The standard InChI is InChI=1S/C31H40FN5O7S/c1-30(12-13-30)45(42,43)35-28(40)31-15-20(31)9-5-3-2-4-6-11-24(33)27(39)37-17-21(14-25(37)26(38)34-31)44-29(41)36-16-19-8-7-10-23(32)22(19)18-36/h5,7-10,20-21,24-25H,2-4,6,11-18,33H2,1H3,(H,34,38)(H,35,40)/b9-5-/t20?,21-,24+,25+,31-/m1/s1. The summed E-state index contributed by atoms with van der Waals surface area (Å²) >= 11 is 0. The Bertz CT molecular complexity index is 1550. The van der Waals surface area contributed by atoms with Crippen LogP contribution in [0.4, 0.5) is 9.18 Å². The van der Waals surface area contributed by atoms with Crippen molar-refractivity contribution in [3.8, 4) is 0 Å². The van der Waals surface area contributed by atoms with Crippen molar-refractivity contribution in [2.24, 2.45) is 11.7 Å². The molecular weight excluding hydrogens is 605 g/mol. The maximum atomic E-state index is 14.3. The zero-order valence-corrected chi connectivity index (χ0v) is 26.1. The van der Waals surface area contributed by atoms with Gasteiger partial charge in [0.05, 0.1) is 23.9 Å². The molecule has 0 bridgehead atoms. The number of benzene rings is 1. The van der Waals surface area contributed by atoms with Crippen LogP contribution >= 0.6 is 0 Å². The van der Waals surface area contributed by atoms with E-state index in [1.165, 1.54) is 15.9 Å². The number of nitrogens with two attached hydrogens (primary N) is 1. The first-order valence-electron chi connectivity index (χ1n) is 15.7. The highest BCUT2D eigenvalue weighted by atomic mass is 32.2. The Morgan fingerprint density at radius 2 is 1.93 bits per heavy atom. The molecule has 1 aromatic carbocycles. The molecule has 1 saturated heterocycles. The van der Waals surface area contributed by atoms with E-state index in [0.717, 1.165) is 19.3 Å². The first-order valence-corrected chi connectivity index (χ1v) is 17.2. The number of ether oxygens (including phenoxy) is 1. The van der Waals surface area contributed by atoms with Crippen molar-refractivity contribution in [1.29, 1.82) is 0 Å². The fraction of sp³-hybridized carbons (Fsp3) is 0.613. The summed E-state index contributed by atoms with van der Waals surface area (Å²) in [6.07, 6.45) is 6.81. The fourth-order valence-corrected chi connectivity index (χ4v) is 7.88. The van der Waals surface area contributed by atoms with Crippen molar-refractivity contribution < 1.29 is 36.7 Å². The largest absolute Gasteiger partial charge is 0.444 e. The maximum Gasteiger partial charge on any atom is 0.410 e. The van der Waals surface area contributed by atoms with Crippen molar-refractivity contribution >= 4 is 33.8 Å². The number of carbonyl (C=O) groups excluding carboxylic acids is 4. The van der Waals surface area contributed by atoms with Crippen molar-refractivity contribution in [3.05, 3.63) is 47.3 Å². The summed E-state index contributed by atoms with van der Waals surface area (Å²) in [4.78, 5) is 56.8. The van der Waals surface area contributed by atoms with E-state index >= 15 is 0 Å². The number of sulfonamides is 1. The van der Waals surface area contributed by atoms with Gasteiger partial charge in [0.1, 0.15) is 23.5 Å². The van der Waals surface area contributed by atoms with E-state index in [1.807, 2.05) is 12.2 Å². The first-order chi connectivity index (χ1) is 21.3. The Kier molecular flexibility index (Phi) is 8.17. The van der Waals surface area contributed by atoms with E-state index in [1.54, 1.807) is 19.1 Å². The second-order valence-electron chi connectivity index (χ2n) is 13.3. The third kappa shape index (κ3) is 6.06. The number of amides is 4. The van der Waals surface area contributed by atoms with Crippen LogP contribution in [0.15, 0.2) is 30.4 Å². The predicted molar refractivity (Wildman–Crippen MR) is 160 cm³/mol. The first kappa shape index (κ1) is 31.5. The van der Waals surface area contributed by atoms with Crippen LogP contribution in [0.1, 0.15) is 75.8 Å². The van der Waals surface area contributed by atoms with Crippen LogP contribution in [0, 0.1) is 11.7 Å². The summed E-state index contributed by atoms with van der Waals surface area (Å²) < 4.78 is 47.0. The quantitative estimate of drug-likeness (QED) is 0.418. The van der Waals surface area contributed by atoms with Crippen LogP contribution in [-0.4, -0.2) is 77.1 Å². The zero-order valence-electron chi connectivity index (χ0n) is 25.3. The Labute approximate surface area is 261 Å². The fourth-order valence-electron chi connectivity index (χ4n) is 6.57. The molecule has 14 heteroatoms. The van der Waals surface area contributed by atoms with Crippen molar-refractivity contribution in [2.45, 2.75) is 106 Å². The molecule has 45 heavy (non-hydrogen) atoms. The normalized spacial score (nSPS) is 31.8. The van der Waals surface area contributed by atoms with Gasteiger partial charge in [-0.1, -0.05) is 37.1 Å². The van der Waals surface area contributed by atoms with Gasteiger partial charge in [0.25, 0.3) is 5.91 Å². The van der Waals surface area contributed by atoms with Gasteiger partial charge in [0, 0.05) is 24.4 Å². The number of nitrogens with zero attached hydrogens (tertiary/aromatic N) is 2. The molecule has 0 spiro atoms. The molecule has 12 nitrogen and oxygen atoms in total. The topological polar surface area (TPSA) is 168 Å². The molecule has 4 N–H and O–H groups in total. The number of carbonyl (C=O) groups is 4. The van der Waals surface area contributed by atoms with Gasteiger partial charge < -0.3 is 20.7 Å². The number of nitrogens with one attached hydrogen (secondary N) is 2. The minimum atomic E-state index is -3.96. The molecule has 0 radical (unpaired) electrons. The van der Waals surface area contributed by atoms with Gasteiger partial charge in [-0.3, -0.25) is 24.0 Å². The number of fused-ring (bicyclic) bond motifs is 3. The van der Waals surface area contributed by atoms with Crippen LogP contribution in [-0.2, 0) is 42.2 Å². The van der Waals surface area contributed by atoms with E-state index in [4.69, 9.17) is 10.5 Å². The number of halogens is 1. The molecule has 5 atom stereocenters. The predicted octanol–water partition coefficient (Wildman–Crippen LogP) is 1.97. The number of hydrogen-bond donors (Lipinski definition) is 3. The summed E-state index contributed by atoms with van der Waals surface area (Å²) in [6, 6.07) is 2.67. The molecule has 3 fully saturated rings. The van der Waals surface area contributed by atoms with Crippen molar-refractivity contribution in [3.63, 3.8) is 0 Å². The summed E-state index contributed by atoms with van der Waals surface area (Å²) in [7, 11) is -3.96. The van der Waals surface area contributed by atoms with Crippen LogP contribution in [0.25, 0.3) is 0 Å². The van der Waals surface area contributed by atoms with Crippen LogP contribution in [0.3, 0.4) is 0 Å². The SMILES string of the molecule is CC1(S(=O)(=O)NC(=O)[C@@]23CC2/C=C\CCCCC[C@H](N)C(=O)N2C[C@H](OC(=O)N4Cc5cccc(F)c5C4)C[C@H]2C(=O)N3)CC1. The van der Waals surface area contributed by atoms with Gasteiger partial charge in [-0.15, -0.1) is 0 Å². The van der Waals surface area contributed by atoms with E-state index in [-0.39, 0.29) is 32.5 Å². The smallest absolute Gasteiger partial charge is 0.410 e. The van der Waals surface area contributed by atoms with Gasteiger partial charge in [-0.2, -0.15) is 0 Å². The third-order valence-corrected chi connectivity index (χ3v) is 12.1. The van der Waals surface area contributed by atoms with E-state index in [9.17, 15) is 32.0 Å². The third-order valence-electron chi connectivity index (χ3n) is 9.97. The maximum absolute atomic E-state index is 14.3. The van der Waals surface area contributed by atoms with E-state index in [2.05, 4.69) is 10.0 Å². The Hall–Kier alpha value is -3.52. The highest BCUT2D eigenvalue weighted by Gasteiger charge is 2.63. The lowest BCUT2D eigenvalue weighted by Gasteiger charge is -2.28. The molecule has 3 aliphatic heterocycles. The van der Waals surface area contributed by atoms with Crippen LogP contribution in [0.5, 0.6) is 0 Å². The van der Waals surface area contributed by atoms with Gasteiger partial charge in [-0.25, -0.2) is 17.6 Å². The highest BCUT2D eigenvalue weighted by molar-refractivity contribution is 7.91.